The Morgan fingerprint density at radius 1 is 1.05 bits per heavy atom. The minimum atomic E-state index is -0.928. The number of rotatable bonds is 9. The molecule has 0 bridgehead atoms. The number of hydrogen-bond acceptors (Lipinski definition) is 7. The molecular weight excluding hydrogens is 532 g/mol. The van der Waals surface area contributed by atoms with Crippen LogP contribution in [0.1, 0.15) is 52.6 Å². The number of aryl methyl sites for hydroxylation is 1. The Kier molecular flexibility index (Phi) is 7.09. The summed E-state index contributed by atoms with van der Waals surface area (Å²) in [6.07, 6.45) is 5.04. The van der Waals surface area contributed by atoms with Gasteiger partial charge in [-0.3, -0.25) is 9.58 Å². The third-order valence-corrected chi connectivity index (χ3v) is 8.57. The van der Waals surface area contributed by atoms with Crippen molar-refractivity contribution in [3.05, 3.63) is 83.4 Å². The molecule has 0 amide bonds. The van der Waals surface area contributed by atoms with Gasteiger partial charge in [-0.15, -0.1) is 0 Å². The zero-order valence-electron chi connectivity index (χ0n) is 23.6. The molecule has 0 radical (unpaired) electrons. The zero-order chi connectivity index (χ0) is 28.6. The number of ether oxygens (including phenoxy) is 2. The molecule has 2 aromatic carbocycles. The monoisotopic (exact) mass is 566 g/mol. The highest BCUT2D eigenvalue weighted by molar-refractivity contribution is 5.92. The number of fused-ring (bicyclic) bond motifs is 2. The number of hydrogen-bond donors (Lipinski definition) is 1. The van der Waals surface area contributed by atoms with E-state index in [9.17, 15) is 9.90 Å². The van der Waals surface area contributed by atoms with Crippen molar-refractivity contribution in [2.75, 3.05) is 19.7 Å². The van der Waals surface area contributed by atoms with Gasteiger partial charge in [-0.1, -0.05) is 12.1 Å². The molecule has 2 aliphatic rings. The number of likely N-dealkylation sites (tertiary alicyclic amines) is 1. The van der Waals surface area contributed by atoms with Crippen LogP contribution in [0.25, 0.3) is 21.9 Å². The molecule has 3 aromatic heterocycles. The van der Waals surface area contributed by atoms with Crippen molar-refractivity contribution in [3.63, 3.8) is 0 Å². The molecule has 1 N–H and O–H groups in total. The van der Waals surface area contributed by atoms with Crippen LogP contribution in [0, 0.1) is 0 Å². The van der Waals surface area contributed by atoms with Crippen molar-refractivity contribution in [2.45, 2.75) is 51.0 Å². The van der Waals surface area contributed by atoms with E-state index in [1.807, 2.05) is 36.1 Å². The van der Waals surface area contributed by atoms with E-state index in [-0.39, 0.29) is 11.7 Å². The van der Waals surface area contributed by atoms with Gasteiger partial charge in [0, 0.05) is 36.7 Å². The first-order chi connectivity index (χ1) is 20.5. The van der Waals surface area contributed by atoms with Gasteiger partial charge < -0.3 is 19.1 Å². The Morgan fingerprint density at radius 3 is 2.69 bits per heavy atom. The van der Waals surface area contributed by atoms with Gasteiger partial charge in [-0.2, -0.15) is 5.10 Å². The molecule has 216 valence electrons. The van der Waals surface area contributed by atoms with E-state index in [0.717, 1.165) is 78.0 Å². The number of aromatic nitrogens is 5. The lowest BCUT2D eigenvalue weighted by Crippen LogP contribution is -2.35. The van der Waals surface area contributed by atoms with Gasteiger partial charge in [0.05, 0.1) is 47.5 Å². The number of aromatic carboxylic acids is 1. The largest absolute Gasteiger partial charge is 0.478 e. The number of piperidine rings is 1. The number of imidazole rings is 1. The normalized spacial score (nSPS) is 18.0. The fraction of sp³-hybridized carbons (Fsp3) is 0.375. The molecule has 7 rings (SSSR count). The molecular formula is C32H34N6O4. The summed E-state index contributed by atoms with van der Waals surface area (Å²) in [7, 11) is 1.94. The van der Waals surface area contributed by atoms with Crippen molar-refractivity contribution >= 4 is 27.9 Å². The zero-order valence-corrected chi connectivity index (χ0v) is 23.6. The van der Waals surface area contributed by atoms with Crippen molar-refractivity contribution in [1.82, 2.24) is 29.2 Å². The van der Waals surface area contributed by atoms with Crippen LogP contribution in [0.3, 0.4) is 0 Å². The van der Waals surface area contributed by atoms with E-state index in [1.165, 1.54) is 0 Å². The highest BCUT2D eigenvalue weighted by atomic mass is 16.5. The van der Waals surface area contributed by atoms with E-state index in [0.29, 0.717) is 31.5 Å². The lowest BCUT2D eigenvalue weighted by molar-refractivity contribution is -0.0592. The summed E-state index contributed by atoms with van der Waals surface area (Å²) in [4.78, 5) is 23.8. The maximum atomic E-state index is 11.6. The van der Waals surface area contributed by atoms with Crippen LogP contribution < -0.4 is 4.74 Å². The first-order valence-electron chi connectivity index (χ1n) is 14.6. The summed E-state index contributed by atoms with van der Waals surface area (Å²) >= 11 is 0. The molecule has 0 aliphatic carbocycles. The van der Waals surface area contributed by atoms with Crippen LogP contribution in [0.5, 0.6) is 5.88 Å². The average molecular weight is 567 g/mol. The molecule has 5 aromatic rings. The number of benzene rings is 2. The fourth-order valence-corrected chi connectivity index (χ4v) is 6.05. The first kappa shape index (κ1) is 26.6. The Hall–Kier alpha value is -4.28. The number of carbonyl (C=O) groups is 1. The van der Waals surface area contributed by atoms with Gasteiger partial charge in [0.15, 0.2) is 0 Å². The Labute approximate surface area is 243 Å². The predicted molar refractivity (Wildman–Crippen MR) is 158 cm³/mol. The van der Waals surface area contributed by atoms with E-state index in [1.54, 1.807) is 12.1 Å². The molecule has 2 fully saturated rings. The maximum absolute atomic E-state index is 11.6. The van der Waals surface area contributed by atoms with E-state index >= 15 is 0 Å². The lowest BCUT2D eigenvalue weighted by Gasteiger charge is -2.32. The Bertz CT molecular complexity index is 1750. The molecule has 10 nitrogen and oxygen atoms in total. The SMILES string of the molecule is Cn1ncc2cc(COc3cccc(C4CCN(Cc5nc6ccc(C(=O)O)cc6n5CC5CCO5)CC4)n3)ccc21. The van der Waals surface area contributed by atoms with Gasteiger partial charge in [-0.05, 0) is 74.3 Å². The van der Waals surface area contributed by atoms with Crippen molar-refractivity contribution in [1.29, 1.82) is 0 Å². The molecule has 5 heterocycles. The minimum Gasteiger partial charge on any atom is -0.478 e. The highest BCUT2D eigenvalue weighted by Gasteiger charge is 2.26. The summed E-state index contributed by atoms with van der Waals surface area (Å²) in [6.45, 7) is 4.52. The van der Waals surface area contributed by atoms with E-state index < -0.39 is 5.97 Å². The van der Waals surface area contributed by atoms with E-state index in [2.05, 4.69) is 38.8 Å². The van der Waals surface area contributed by atoms with Crippen LogP contribution in [0.4, 0.5) is 0 Å². The smallest absolute Gasteiger partial charge is 0.335 e. The van der Waals surface area contributed by atoms with Crippen LogP contribution >= 0.6 is 0 Å². The molecule has 0 spiro atoms. The Morgan fingerprint density at radius 2 is 1.90 bits per heavy atom. The summed E-state index contributed by atoms with van der Waals surface area (Å²) in [6, 6.07) is 17.5. The molecule has 1 unspecified atom stereocenters. The summed E-state index contributed by atoms with van der Waals surface area (Å²) in [5.74, 6) is 1.05. The third-order valence-electron chi connectivity index (χ3n) is 8.57. The van der Waals surface area contributed by atoms with Gasteiger partial charge >= 0.3 is 5.97 Å². The minimum absolute atomic E-state index is 0.152. The standard InChI is InChI=1S/C32H34N6O4/c1-36-28-8-5-21(15-24(28)17-33-36)20-42-31-4-2-3-26(35-31)22-9-12-37(13-10-22)19-30-34-27-7-6-23(32(39)40)16-29(27)38(30)18-25-11-14-41-25/h2-8,15-17,22,25H,9-14,18-20H2,1H3,(H,39,40). The second-order valence-corrected chi connectivity index (χ2v) is 11.3. The second-order valence-electron chi connectivity index (χ2n) is 11.3. The number of pyridine rings is 1. The fourth-order valence-electron chi connectivity index (χ4n) is 6.05. The number of carboxylic acid groups (broad SMARTS) is 1. The van der Waals surface area contributed by atoms with Gasteiger partial charge in [0.1, 0.15) is 12.4 Å². The van der Waals surface area contributed by atoms with Crippen LogP contribution in [0.2, 0.25) is 0 Å². The number of carboxylic acids is 1. The van der Waals surface area contributed by atoms with Crippen molar-refractivity contribution in [2.24, 2.45) is 7.05 Å². The molecule has 2 saturated heterocycles. The molecule has 10 heteroatoms. The summed E-state index contributed by atoms with van der Waals surface area (Å²) in [5, 5.41) is 14.9. The molecule has 0 saturated carbocycles. The second kappa shape index (κ2) is 11.2. The van der Waals surface area contributed by atoms with Gasteiger partial charge in [0.2, 0.25) is 5.88 Å². The maximum Gasteiger partial charge on any atom is 0.335 e. The highest BCUT2D eigenvalue weighted by Crippen LogP contribution is 2.30. The Balaban J connectivity index is 0.999. The van der Waals surface area contributed by atoms with Crippen LogP contribution in [-0.2, 0) is 31.5 Å². The molecule has 2 aliphatic heterocycles. The van der Waals surface area contributed by atoms with Crippen LogP contribution in [0.15, 0.2) is 60.8 Å². The van der Waals surface area contributed by atoms with Gasteiger partial charge in [-0.25, -0.2) is 14.8 Å². The van der Waals surface area contributed by atoms with Crippen LogP contribution in [-0.4, -0.2) is 66.1 Å². The lowest BCUT2D eigenvalue weighted by atomic mass is 9.93. The predicted octanol–water partition coefficient (Wildman–Crippen LogP) is 4.76. The topological polar surface area (TPSA) is 108 Å². The van der Waals surface area contributed by atoms with Gasteiger partial charge in [0.25, 0.3) is 0 Å². The number of nitrogens with zero attached hydrogens (tertiary/aromatic N) is 6. The third kappa shape index (κ3) is 5.35. The van der Waals surface area contributed by atoms with Crippen molar-refractivity contribution < 1.29 is 19.4 Å². The molecule has 42 heavy (non-hydrogen) atoms. The van der Waals surface area contributed by atoms with E-state index in [4.69, 9.17) is 19.4 Å². The summed E-state index contributed by atoms with van der Waals surface area (Å²) in [5.41, 5.74) is 5.22. The quantitative estimate of drug-likeness (QED) is 0.272. The van der Waals surface area contributed by atoms with Crippen molar-refractivity contribution in [3.8, 4) is 5.88 Å². The molecule has 1 atom stereocenters. The summed E-state index contributed by atoms with van der Waals surface area (Å²) < 4.78 is 15.8. The first-order valence-corrected chi connectivity index (χ1v) is 14.6. The average Bonchev–Trinajstić information content (AvgIpc) is 3.52.